The minimum atomic E-state index is -3.01. The Bertz CT molecular complexity index is 631. The lowest BCUT2D eigenvalue weighted by Crippen LogP contribution is -2.44. The molecular formula is C15H23N3O3S. The summed E-state index contributed by atoms with van der Waals surface area (Å²) in [4.78, 5) is 18.2. The Balaban J connectivity index is 2.11. The first-order valence-electron chi connectivity index (χ1n) is 7.61. The van der Waals surface area contributed by atoms with Crippen molar-refractivity contribution in [2.45, 2.75) is 39.2 Å². The summed E-state index contributed by atoms with van der Waals surface area (Å²) < 4.78 is 23.4. The third-order valence-corrected chi connectivity index (χ3v) is 5.67. The number of hydrogen-bond acceptors (Lipinski definition) is 4. The Kier molecular flexibility index (Phi) is 5.39. The van der Waals surface area contributed by atoms with Crippen molar-refractivity contribution in [2.24, 2.45) is 0 Å². The Hall–Kier alpha value is -1.63. The van der Waals surface area contributed by atoms with Gasteiger partial charge in [-0.25, -0.2) is 13.2 Å². The molecule has 0 radical (unpaired) electrons. The summed E-state index contributed by atoms with van der Waals surface area (Å²) in [5.74, 6) is 0.237. The molecule has 0 aliphatic carbocycles. The zero-order valence-electron chi connectivity index (χ0n) is 13.1. The summed E-state index contributed by atoms with van der Waals surface area (Å²) in [5.41, 5.74) is 1.59. The number of unbranched alkanes of at least 4 members (excludes halogenated alkanes) is 1. The number of nitrogens with one attached hydrogen (secondary N) is 1. The lowest BCUT2D eigenvalue weighted by molar-refractivity contribution is 0.192. The van der Waals surface area contributed by atoms with Crippen LogP contribution in [0.1, 0.15) is 31.7 Å². The number of anilines is 1. The summed E-state index contributed by atoms with van der Waals surface area (Å²) in [7, 11) is -3.01. The number of amides is 2. The molecule has 0 bridgehead atoms. The van der Waals surface area contributed by atoms with Crippen molar-refractivity contribution >= 4 is 21.6 Å². The van der Waals surface area contributed by atoms with Gasteiger partial charge in [0.2, 0.25) is 0 Å². The van der Waals surface area contributed by atoms with Crippen LogP contribution in [0.4, 0.5) is 10.5 Å². The first-order chi connectivity index (χ1) is 10.4. The lowest BCUT2D eigenvalue weighted by atomic mass is 10.2. The number of aryl methyl sites for hydroxylation is 1. The molecule has 1 aromatic heterocycles. The molecule has 2 amide bonds. The van der Waals surface area contributed by atoms with E-state index in [9.17, 15) is 13.2 Å². The fourth-order valence-electron chi connectivity index (χ4n) is 2.60. The highest BCUT2D eigenvalue weighted by molar-refractivity contribution is 7.91. The van der Waals surface area contributed by atoms with Gasteiger partial charge in [-0.2, -0.15) is 0 Å². The molecule has 22 heavy (non-hydrogen) atoms. The average molecular weight is 325 g/mol. The van der Waals surface area contributed by atoms with Crippen molar-refractivity contribution in [2.75, 3.05) is 23.4 Å². The molecule has 1 fully saturated rings. The molecule has 1 unspecified atom stereocenters. The molecule has 1 atom stereocenters. The Morgan fingerprint density at radius 3 is 2.86 bits per heavy atom. The van der Waals surface area contributed by atoms with Crippen LogP contribution in [0.2, 0.25) is 0 Å². The highest BCUT2D eigenvalue weighted by Gasteiger charge is 2.34. The van der Waals surface area contributed by atoms with Crippen LogP contribution in [0, 0.1) is 6.92 Å². The van der Waals surface area contributed by atoms with Crippen LogP contribution in [-0.4, -0.2) is 48.4 Å². The first-order valence-corrected chi connectivity index (χ1v) is 9.43. The van der Waals surface area contributed by atoms with Gasteiger partial charge in [0.1, 0.15) is 0 Å². The number of rotatable bonds is 5. The van der Waals surface area contributed by atoms with Crippen LogP contribution in [0.15, 0.2) is 18.5 Å². The first kappa shape index (κ1) is 16.7. The molecule has 1 N–H and O–H groups in total. The monoisotopic (exact) mass is 325 g/mol. The van der Waals surface area contributed by atoms with Crippen LogP contribution in [0.5, 0.6) is 0 Å². The highest BCUT2D eigenvalue weighted by atomic mass is 32.2. The third-order valence-electron chi connectivity index (χ3n) is 3.92. The third kappa shape index (κ3) is 4.19. The molecular weight excluding hydrogens is 302 g/mol. The zero-order chi connectivity index (χ0) is 16.2. The highest BCUT2D eigenvalue weighted by Crippen LogP contribution is 2.20. The number of carbonyl (C=O) groups is 1. The van der Waals surface area contributed by atoms with Crippen molar-refractivity contribution in [3.05, 3.63) is 24.0 Å². The number of urea groups is 1. The van der Waals surface area contributed by atoms with Crippen LogP contribution >= 0.6 is 0 Å². The summed E-state index contributed by atoms with van der Waals surface area (Å²) in [6, 6.07) is 1.29. The molecule has 2 rings (SSSR count). The molecule has 0 saturated carbocycles. The molecule has 0 spiro atoms. The van der Waals surface area contributed by atoms with E-state index in [4.69, 9.17) is 0 Å². The summed E-state index contributed by atoms with van der Waals surface area (Å²) in [5, 5.41) is 2.88. The average Bonchev–Trinajstić information content (AvgIpc) is 2.82. The second kappa shape index (κ2) is 7.09. The van der Waals surface area contributed by atoms with Gasteiger partial charge in [0, 0.05) is 30.7 Å². The molecule has 1 aromatic rings. The number of pyridine rings is 1. The van der Waals surface area contributed by atoms with Gasteiger partial charge < -0.3 is 10.2 Å². The number of sulfone groups is 1. The van der Waals surface area contributed by atoms with E-state index in [2.05, 4.69) is 17.2 Å². The van der Waals surface area contributed by atoms with Crippen LogP contribution in [0.3, 0.4) is 0 Å². The smallest absolute Gasteiger partial charge is 0.320 e. The minimum Gasteiger partial charge on any atom is -0.320 e. The summed E-state index contributed by atoms with van der Waals surface area (Å²) in [6.07, 6.45) is 5.65. The van der Waals surface area contributed by atoms with Gasteiger partial charge >= 0.3 is 6.03 Å². The van der Waals surface area contributed by atoms with Gasteiger partial charge in [-0.3, -0.25) is 4.98 Å². The van der Waals surface area contributed by atoms with Crippen LogP contribution in [-0.2, 0) is 9.84 Å². The SMILES string of the molecule is CCCCN(C(=O)Nc1ccncc1C)C1CCS(=O)(=O)C1. The molecule has 6 nitrogen and oxygen atoms in total. The Morgan fingerprint density at radius 2 is 2.27 bits per heavy atom. The zero-order valence-corrected chi connectivity index (χ0v) is 13.9. The van der Waals surface area contributed by atoms with E-state index >= 15 is 0 Å². The maximum atomic E-state index is 12.6. The largest absolute Gasteiger partial charge is 0.322 e. The number of hydrogen-bond donors (Lipinski definition) is 1. The predicted molar refractivity (Wildman–Crippen MR) is 86.7 cm³/mol. The minimum absolute atomic E-state index is 0.0689. The molecule has 1 aliphatic rings. The van der Waals surface area contributed by atoms with Crippen molar-refractivity contribution in [3.8, 4) is 0 Å². The van der Waals surface area contributed by atoms with Gasteiger partial charge in [-0.1, -0.05) is 13.3 Å². The molecule has 122 valence electrons. The van der Waals surface area contributed by atoms with Crippen molar-refractivity contribution in [3.63, 3.8) is 0 Å². The fourth-order valence-corrected chi connectivity index (χ4v) is 4.33. The molecule has 7 heteroatoms. The van der Waals surface area contributed by atoms with Crippen molar-refractivity contribution < 1.29 is 13.2 Å². The van der Waals surface area contributed by atoms with E-state index in [0.29, 0.717) is 18.7 Å². The van der Waals surface area contributed by atoms with E-state index in [1.807, 2.05) is 6.92 Å². The van der Waals surface area contributed by atoms with E-state index in [1.54, 1.807) is 23.4 Å². The maximum Gasteiger partial charge on any atom is 0.322 e. The second-order valence-corrected chi connectivity index (χ2v) is 7.95. The molecule has 1 aliphatic heterocycles. The summed E-state index contributed by atoms with van der Waals surface area (Å²) >= 11 is 0. The molecule has 1 saturated heterocycles. The van der Waals surface area contributed by atoms with Crippen LogP contribution in [0.25, 0.3) is 0 Å². The van der Waals surface area contributed by atoms with E-state index < -0.39 is 9.84 Å². The van der Waals surface area contributed by atoms with Crippen LogP contribution < -0.4 is 5.32 Å². The van der Waals surface area contributed by atoms with E-state index in [0.717, 1.165) is 18.4 Å². The quantitative estimate of drug-likeness (QED) is 0.900. The number of nitrogens with zero attached hydrogens (tertiary/aromatic N) is 2. The normalized spacial score (nSPS) is 19.8. The fraction of sp³-hybridized carbons (Fsp3) is 0.600. The van der Waals surface area contributed by atoms with Gasteiger partial charge in [0.25, 0.3) is 0 Å². The number of carbonyl (C=O) groups excluding carboxylic acids is 1. The van der Waals surface area contributed by atoms with Gasteiger partial charge in [-0.15, -0.1) is 0 Å². The maximum absolute atomic E-state index is 12.6. The van der Waals surface area contributed by atoms with E-state index in [1.165, 1.54) is 0 Å². The standard InChI is InChI=1S/C15H23N3O3S/c1-3-4-8-18(13-6-9-22(20,21)11-13)15(19)17-14-5-7-16-10-12(14)2/h5,7,10,13H,3-4,6,8-9,11H2,1-2H3,(H,16,17,19). The lowest BCUT2D eigenvalue weighted by Gasteiger charge is -2.28. The van der Waals surface area contributed by atoms with Gasteiger partial charge in [-0.05, 0) is 31.4 Å². The topological polar surface area (TPSA) is 79.4 Å². The van der Waals surface area contributed by atoms with E-state index in [-0.39, 0.29) is 23.6 Å². The van der Waals surface area contributed by atoms with Crippen molar-refractivity contribution in [1.82, 2.24) is 9.88 Å². The van der Waals surface area contributed by atoms with Gasteiger partial charge in [0.15, 0.2) is 9.84 Å². The number of aromatic nitrogens is 1. The predicted octanol–water partition coefficient (Wildman–Crippen LogP) is 2.21. The molecule has 2 heterocycles. The molecule has 0 aromatic carbocycles. The second-order valence-electron chi connectivity index (χ2n) is 5.72. The summed E-state index contributed by atoms with van der Waals surface area (Å²) in [6.45, 7) is 4.50. The van der Waals surface area contributed by atoms with Crippen molar-refractivity contribution in [1.29, 1.82) is 0 Å². The Labute approximate surface area is 131 Å². The Morgan fingerprint density at radius 1 is 1.50 bits per heavy atom. The van der Waals surface area contributed by atoms with Gasteiger partial charge in [0.05, 0.1) is 11.5 Å².